The molecule has 90 valence electrons. The highest BCUT2D eigenvalue weighted by atomic mass is 19.4. The van der Waals surface area contributed by atoms with Crippen molar-refractivity contribution in [3.63, 3.8) is 0 Å². The van der Waals surface area contributed by atoms with Crippen LogP contribution in [0.5, 0.6) is 0 Å². The second kappa shape index (κ2) is 4.80. The van der Waals surface area contributed by atoms with Gasteiger partial charge in [-0.05, 0) is 0 Å². The van der Waals surface area contributed by atoms with Crippen LogP contribution in [0, 0.1) is 0 Å². The number of halogens is 3. The van der Waals surface area contributed by atoms with Crippen LogP contribution in [0.4, 0.5) is 13.2 Å². The Balaban J connectivity index is 4.80. The predicted molar refractivity (Wildman–Crippen MR) is 46.2 cm³/mol. The maximum Gasteiger partial charge on any atom is 0.429 e. The van der Waals surface area contributed by atoms with E-state index >= 15 is 0 Å². The molecule has 0 aliphatic carbocycles. The third-order valence-corrected chi connectivity index (χ3v) is 1.76. The molecule has 7 heteroatoms. The molecule has 4 nitrogen and oxygen atoms in total. The van der Waals surface area contributed by atoms with Gasteiger partial charge in [-0.15, -0.1) is 0 Å². The van der Waals surface area contributed by atoms with Crippen LogP contribution >= 0.6 is 0 Å². The topological polar surface area (TPSA) is 58.6 Å². The maximum absolute atomic E-state index is 12.4. The van der Waals surface area contributed by atoms with Gasteiger partial charge in [-0.25, -0.2) is 4.79 Å². The van der Waals surface area contributed by atoms with Crippen molar-refractivity contribution in [3.8, 4) is 0 Å². The summed E-state index contributed by atoms with van der Waals surface area (Å²) in [5.41, 5.74) is -3.49. The third kappa shape index (κ3) is 3.35. The third-order valence-electron chi connectivity index (χ3n) is 1.76. The van der Waals surface area contributed by atoms with Gasteiger partial charge in [-0.1, -0.05) is 13.8 Å². The average molecular weight is 229 g/mol. The van der Waals surface area contributed by atoms with Crippen LogP contribution in [-0.4, -0.2) is 42.5 Å². The van der Waals surface area contributed by atoms with Gasteiger partial charge in [0.25, 0.3) is 5.60 Å². The standard InChI is InChI=1S/C8H14F3NO3/c1-5(2)12-4-7(14,6(13)15-3)8(9,10)11/h5,12,14H,4H2,1-3H3. The summed E-state index contributed by atoms with van der Waals surface area (Å²) in [6.07, 6.45) is -5.07. The molecule has 0 aliphatic heterocycles. The molecule has 2 N–H and O–H groups in total. The molecule has 15 heavy (non-hydrogen) atoms. The maximum atomic E-state index is 12.4. The first-order valence-electron chi connectivity index (χ1n) is 4.26. The Morgan fingerprint density at radius 1 is 1.47 bits per heavy atom. The summed E-state index contributed by atoms with van der Waals surface area (Å²) in [7, 11) is 0.786. The highest BCUT2D eigenvalue weighted by Crippen LogP contribution is 2.31. The van der Waals surface area contributed by atoms with Crippen molar-refractivity contribution in [1.82, 2.24) is 5.32 Å². The van der Waals surface area contributed by atoms with Crippen LogP contribution in [0.15, 0.2) is 0 Å². The fourth-order valence-electron chi connectivity index (χ4n) is 0.809. The minimum Gasteiger partial charge on any atom is -0.467 e. The molecule has 0 aromatic rings. The number of nitrogens with one attached hydrogen (secondary N) is 1. The van der Waals surface area contributed by atoms with Crippen molar-refractivity contribution >= 4 is 5.97 Å². The minimum absolute atomic E-state index is 0.288. The van der Waals surface area contributed by atoms with Crippen LogP contribution in [0.2, 0.25) is 0 Å². The van der Waals surface area contributed by atoms with Crippen molar-refractivity contribution in [2.24, 2.45) is 0 Å². The largest absolute Gasteiger partial charge is 0.467 e. The van der Waals surface area contributed by atoms with E-state index in [1.54, 1.807) is 13.8 Å². The number of hydrogen-bond acceptors (Lipinski definition) is 4. The molecule has 0 amide bonds. The molecule has 0 aromatic carbocycles. The van der Waals surface area contributed by atoms with Gasteiger partial charge in [0.15, 0.2) is 0 Å². The molecule has 0 aliphatic rings. The van der Waals surface area contributed by atoms with Gasteiger partial charge < -0.3 is 15.2 Å². The molecule has 0 heterocycles. The van der Waals surface area contributed by atoms with Crippen LogP contribution in [0.25, 0.3) is 0 Å². The van der Waals surface area contributed by atoms with Gasteiger partial charge >= 0.3 is 12.1 Å². The summed E-state index contributed by atoms with van der Waals surface area (Å²) in [4.78, 5) is 10.9. The van der Waals surface area contributed by atoms with Crippen LogP contribution in [0.1, 0.15) is 13.8 Å². The Labute approximate surface area is 85.4 Å². The van der Waals surface area contributed by atoms with E-state index in [1.165, 1.54) is 0 Å². The first kappa shape index (κ1) is 14.2. The van der Waals surface area contributed by atoms with Crippen LogP contribution in [0.3, 0.4) is 0 Å². The zero-order valence-electron chi connectivity index (χ0n) is 8.68. The zero-order valence-corrected chi connectivity index (χ0v) is 8.68. The molecule has 1 atom stereocenters. The Morgan fingerprint density at radius 3 is 2.20 bits per heavy atom. The highest BCUT2D eigenvalue weighted by Gasteiger charge is 2.60. The van der Waals surface area contributed by atoms with Crippen LogP contribution in [-0.2, 0) is 9.53 Å². The van der Waals surface area contributed by atoms with Gasteiger partial charge in [-0.3, -0.25) is 0 Å². The number of carbonyl (C=O) groups is 1. The van der Waals surface area contributed by atoms with E-state index in [1.807, 2.05) is 0 Å². The molecular formula is C8H14F3NO3. The number of methoxy groups -OCH3 is 1. The van der Waals surface area contributed by atoms with Gasteiger partial charge in [-0.2, -0.15) is 13.2 Å². The van der Waals surface area contributed by atoms with Crippen molar-refractivity contribution in [2.75, 3.05) is 13.7 Å². The van der Waals surface area contributed by atoms with Gasteiger partial charge in [0.1, 0.15) is 0 Å². The summed E-state index contributed by atoms with van der Waals surface area (Å²) < 4.78 is 41.1. The summed E-state index contributed by atoms with van der Waals surface area (Å²) in [6, 6.07) is -0.288. The second-order valence-corrected chi connectivity index (χ2v) is 3.39. The lowest BCUT2D eigenvalue weighted by atomic mass is 10.0. The summed E-state index contributed by atoms with van der Waals surface area (Å²) in [5, 5.41) is 11.5. The number of rotatable bonds is 4. The summed E-state index contributed by atoms with van der Waals surface area (Å²) in [5.74, 6) is -1.72. The first-order chi connectivity index (χ1) is 6.65. The fourth-order valence-corrected chi connectivity index (χ4v) is 0.809. The molecule has 0 bridgehead atoms. The molecule has 0 rings (SSSR count). The van der Waals surface area contributed by atoms with Crippen molar-refractivity contribution < 1.29 is 27.8 Å². The Bertz CT molecular complexity index is 230. The van der Waals surface area contributed by atoms with Crippen molar-refractivity contribution in [2.45, 2.75) is 31.7 Å². The lowest BCUT2D eigenvalue weighted by molar-refractivity contribution is -0.259. The Hall–Kier alpha value is -0.820. The number of aliphatic hydroxyl groups is 1. The molecule has 0 fully saturated rings. The second-order valence-electron chi connectivity index (χ2n) is 3.39. The number of hydrogen-bond donors (Lipinski definition) is 2. The highest BCUT2D eigenvalue weighted by molar-refractivity contribution is 5.80. The van der Waals surface area contributed by atoms with Crippen molar-refractivity contribution in [3.05, 3.63) is 0 Å². The lowest BCUT2D eigenvalue weighted by Crippen LogP contribution is -2.59. The Kier molecular flexibility index (Phi) is 4.54. The van der Waals surface area contributed by atoms with Crippen molar-refractivity contribution in [1.29, 1.82) is 0 Å². The molecular weight excluding hydrogens is 215 g/mol. The molecule has 0 aromatic heterocycles. The van der Waals surface area contributed by atoms with E-state index in [0.29, 0.717) is 0 Å². The number of alkyl halides is 3. The van der Waals surface area contributed by atoms with E-state index in [-0.39, 0.29) is 6.04 Å². The molecule has 1 unspecified atom stereocenters. The molecule has 0 spiro atoms. The predicted octanol–water partition coefficient (Wildman–Crippen LogP) is 0.451. The van der Waals surface area contributed by atoms with E-state index < -0.39 is 24.3 Å². The number of ether oxygens (including phenoxy) is 1. The van der Waals surface area contributed by atoms with Gasteiger partial charge in [0.05, 0.1) is 7.11 Å². The first-order valence-corrected chi connectivity index (χ1v) is 4.26. The minimum atomic E-state index is -5.07. The van der Waals surface area contributed by atoms with Gasteiger partial charge in [0.2, 0.25) is 0 Å². The van der Waals surface area contributed by atoms with E-state index in [2.05, 4.69) is 10.1 Å². The molecule has 0 radical (unpaired) electrons. The molecule has 0 saturated carbocycles. The van der Waals surface area contributed by atoms with Crippen LogP contribution < -0.4 is 5.32 Å². The molecule has 0 saturated heterocycles. The SMILES string of the molecule is COC(=O)C(O)(CNC(C)C)C(F)(F)F. The van der Waals surface area contributed by atoms with E-state index in [4.69, 9.17) is 0 Å². The summed E-state index contributed by atoms with van der Waals surface area (Å²) >= 11 is 0. The lowest BCUT2D eigenvalue weighted by Gasteiger charge is -2.28. The average Bonchev–Trinajstić information content (AvgIpc) is 2.10. The van der Waals surface area contributed by atoms with E-state index in [0.717, 1.165) is 7.11 Å². The normalized spacial score (nSPS) is 16.3. The fraction of sp³-hybridized carbons (Fsp3) is 0.875. The smallest absolute Gasteiger partial charge is 0.429 e. The number of carbonyl (C=O) groups excluding carboxylic acids is 1. The van der Waals surface area contributed by atoms with Gasteiger partial charge in [0, 0.05) is 12.6 Å². The Morgan fingerprint density at radius 2 is 1.93 bits per heavy atom. The summed E-state index contributed by atoms with van der Waals surface area (Å²) in [6.45, 7) is 2.25. The quantitative estimate of drug-likeness (QED) is 0.687. The monoisotopic (exact) mass is 229 g/mol. The zero-order chi connectivity index (χ0) is 12.3. The number of esters is 1. The van der Waals surface area contributed by atoms with E-state index in [9.17, 15) is 23.1 Å².